The molecule has 0 aliphatic rings. The zero-order chi connectivity index (χ0) is 9.84. The van der Waals surface area contributed by atoms with Crippen LogP contribution in [0.25, 0.3) is 0 Å². The first-order valence-electron chi connectivity index (χ1n) is 4.48. The Kier molecular flexibility index (Phi) is 4.00. The van der Waals surface area contributed by atoms with Crippen molar-refractivity contribution in [3.8, 4) is 0 Å². The van der Waals surface area contributed by atoms with Crippen molar-refractivity contribution in [2.24, 2.45) is 0 Å². The lowest BCUT2D eigenvalue weighted by molar-refractivity contribution is 0.770. The lowest BCUT2D eigenvalue weighted by Crippen LogP contribution is -2.23. The minimum atomic E-state index is 0.119. The van der Waals surface area contributed by atoms with Crippen LogP contribution in [0.4, 0.5) is 5.13 Å². The van der Waals surface area contributed by atoms with Gasteiger partial charge in [-0.25, -0.2) is 4.98 Å². The molecule has 13 heavy (non-hydrogen) atoms. The van der Waals surface area contributed by atoms with Crippen molar-refractivity contribution in [2.45, 2.75) is 38.6 Å². The van der Waals surface area contributed by atoms with Gasteiger partial charge in [-0.2, -0.15) is 0 Å². The van der Waals surface area contributed by atoms with E-state index in [1.807, 2.05) is 6.92 Å². The average molecular weight is 219 g/mol. The molecule has 74 valence electrons. The number of aryl methyl sites for hydroxylation is 1. The molecule has 0 aliphatic heterocycles. The minimum Gasteiger partial charge on any atom is -0.358 e. The predicted octanol–water partition coefficient (Wildman–Crippen LogP) is 3.13. The van der Waals surface area contributed by atoms with Crippen LogP contribution in [0, 0.1) is 0 Å². The molecule has 2 unspecified atom stereocenters. The highest BCUT2D eigenvalue weighted by Crippen LogP contribution is 2.18. The number of nitrogens with one attached hydrogen (secondary N) is 1. The van der Waals surface area contributed by atoms with Crippen LogP contribution in [0.1, 0.15) is 26.5 Å². The zero-order valence-corrected chi connectivity index (χ0v) is 9.75. The second kappa shape index (κ2) is 4.82. The van der Waals surface area contributed by atoms with Gasteiger partial charge in [0.15, 0.2) is 5.13 Å². The third kappa shape index (κ3) is 3.16. The van der Waals surface area contributed by atoms with E-state index in [0.29, 0.717) is 0 Å². The molecule has 1 rings (SSSR count). The summed E-state index contributed by atoms with van der Waals surface area (Å²) in [6.07, 6.45) is 0.989. The van der Waals surface area contributed by atoms with Crippen molar-refractivity contribution in [3.05, 3.63) is 11.1 Å². The van der Waals surface area contributed by atoms with E-state index in [9.17, 15) is 0 Å². The third-order valence-corrected chi connectivity index (χ3v) is 3.15. The van der Waals surface area contributed by atoms with Crippen LogP contribution in [0.5, 0.6) is 0 Å². The number of hydrogen-bond acceptors (Lipinski definition) is 3. The molecule has 2 atom stereocenters. The first-order valence-corrected chi connectivity index (χ1v) is 5.80. The average Bonchev–Trinajstić information content (AvgIpc) is 2.52. The van der Waals surface area contributed by atoms with Gasteiger partial charge in [0.25, 0.3) is 0 Å². The Bertz CT molecular complexity index is 260. The maximum absolute atomic E-state index is 5.93. The number of halogens is 1. The van der Waals surface area contributed by atoms with E-state index in [1.54, 1.807) is 11.3 Å². The topological polar surface area (TPSA) is 24.9 Å². The van der Waals surface area contributed by atoms with Gasteiger partial charge in [-0.1, -0.05) is 6.92 Å². The Morgan fingerprint density at radius 3 is 2.77 bits per heavy atom. The van der Waals surface area contributed by atoms with Crippen molar-refractivity contribution in [1.82, 2.24) is 4.98 Å². The summed E-state index contributed by atoms with van der Waals surface area (Å²) < 4.78 is 0. The van der Waals surface area contributed by atoms with Gasteiger partial charge in [0.2, 0.25) is 0 Å². The molecule has 1 N–H and O–H groups in total. The molecule has 0 radical (unpaired) electrons. The lowest BCUT2D eigenvalue weighted by atomic mass is 10.3. The van der Waals surface area contributed by atoms with Gasteiger partial charge < -0.3 is 5.32 Å². The smallest absolute Gasteiger partial charge is 0.183 e. The normalized spacial score (nSPS) is 15.4. The molecule has 1 aromatic rings. The van der Waals surface area contributed by atoms with Crippen molar-refractivity contribution in [2.75, 3.05) is 5.32 Å². The van der Waals surface area contributed by atoms with E-state index in [0.717, 1.165) is 17.2 Å². The molecule has 0 aliphatic carbocycles. The van der Waals surface area contributed by atoms with Gasteiger partial charge in [-0.15, -0.1) is 22.9 Å². The van der Waals surface area contributed by atoms with Crippen LogP contribution >= 0.6 is 22.9 Å². The summed E-state index contributed by atoms with van der Waals surface area (Å²) in [5.41, 5.74) is 1.14. The summed E-state index contributed by atoms with van der Waals surface area (Å²) in [5.74, 6) is 0. The second-order valence-corrected chi connectivity index (χ2v) is 4.65. The van der Waals surface area contributed by atoms with Crippen LogP contribution in [0.15, 0.2) is 5.38 Å². The summed E-state index contributed by atoms with van der Waals surface area (Å²) in [5, 5.41) is 6.44. The summed E-state index contributed by atoms with van der Waals surface area (Å²) in [4.78, 5) is 4.40. The third-order valence-electron chi connectivity index (χ3n) is 1.95. The Morgan fingerprint density at radius 2 is 2.31 bits per heavy atom. The number of nitrogens with zero attached hydrogens (tertiary/aromatic N) is 1. The molecule has 2 nitrogen and oxygen atoms in total. The van der Waals surface area contributed by atoms with Gasteiger partial charge in [-0.05, 0) is 20.3 Å². The maximum Gasteiger partial charge on any atom is 0.183 e. The van der Waals surface area contributed by atoms with Gasteiger partial charge in [0.1, 0.15) is 0 Å². The van der Waals surface area contributed by atoms with Crippen molar-refractivity contribution >= 4 is 28.1 Å². The van der Waals surface area contributed by atoms with Crippen LogP contribution in [0.3, 0.4) is 0 Å². The number of aromatic nitrogens is 1. The van der Waals surface area contributed by atoms with Gasteiger partial charge in [0, 0.05) is 11.4 Å². The number of rotatable bonds is 4. The first kappa shape index (κ1) is 10.8. The molecule has 1 heterocycles. The Hall–Kier alpha value is -0.280. The number of alkyl halides is 1. The van der Waals surface area contributed by atoms with E-state index >= 15 is 0 Å². The van der Waals surface area contributed by atoms with E-state index in [1.165, 1.54) is 0 Å². The molecule has 0 spiro atoms. The Labute approximate surface area is 88.3 Å². The van der Waals surface area contributed by atoms with Crippen LogP contribution in [-0.4, -0.2) is 16.4 Å². The van der Waals surface area contributed by atoms with Crippen molar-refractivity contribution in [1.29, 1.82) is 0 Å². The molecule has 0 fully saturated rings. The first-order chi connectivity index (χ1) is 6.13. The quantitative estimate of drug-likeness (QED) is 0.786. The molecule has 0 aromatic carbocycles. The summed E-state index contributed by atoms with van der Waals surface area (Å²) >= 11 is 7.57. The largest absolute Gasteiger partial charge is 0.358 e. The number of thiazole rings is 1. The van der Waals surface area contributed by atoms with Gasteiger partial charge in [-0.3, -0.25) is 0 Å². The predicted molar refractivity (Wildman–Crippen MR) is 59.9 cm³/mol. The highest BCUT2D eigenvalue weighted by atomic mass is 35.5. The fraction of sp³-hybridized carbons (Fsp3) is 0.667. The Morgan fingerprint density at radius 1 is 1.62 bits per heavy atom. The van der Waals surface area contributed by atoms with Crippen LogP contribution < -0.4 is 5.32 Å². The van der Waals surface area contributed by atoms with Crippen LogP contribution in [-0.2, 0) is 6.42 Å². The highest BCUT2D eigenvalue weighted by Gasteiger charge is 2.10. The van der Waals surface area contributed by atoms with Crippen molar-refractivity contribution < 1.29 is 0 Å². The molecule has 0 bridgehead atoms. The molecular formula is C9H15ClN2S. The van der Waals surface area contributed by atoms with Crippen LogP contribution in [0.2, 0.25) is 0 Å². The standard InChI is InChI=1S/C9H15ClN2S/c1-4-8-5-13-9(12-8)11-7(3)6(2)10/h5-7H,4H2,1-3H3,(H,11,12). The molecule has 0 saturated heterocycles. The summed E-state index contributed by atoms with van der Waals surface area (Å²) in [6.45, 7) is 6.14. The second-order valence-electron chi connectivity index (χ2n) is 3.11. The summed E-state index contributed by atoms with van der Waals surface area (Å²) in [6, 6.07) is 0.262. The van der Waals surface area contributed by atoms with E-state index in [4.69, 9.17) is 11.6 Å². The molecule has 0 amide bonds. The Balaban J connectivity index is 2.53. The monoisotopic (exact) mass is 218 g/mol. The van der Waals surface area contributed by atoms with E-state index < -0.39 is 0 Å². The van der Waals surface area contributed by atoms with Gasteiger partial charge in [0.05, 0.1) is 11.1 Å². The maximum atomic E-state index is 5.93. The SMILES string of the molecule is CCc1csc(NC(C)C(C)Cl)n1. The number of hydrogen-bond donors (Lipinski definition) is 1. The molecule has 0 saturated carbocycles. The zero-order valence-electron chi connectivity index (χ0n) is 8.17. The fourth-order valence-corrected chi connectivity index (χ4v) is 1.80. The number of anilines is 1. The summed E-state index contributed by atoms with van der Waals surface area (Å²) in [7, 11) is 0. The van der Waals surface area contributed by atoms with Gasteiger partial charge >= 0.3 is 0 Å². The van der Waals surface area contributed by atoms with E-state index in [2.05, 4.69) is 29.5 Å². The fourth-order valence-electron chi connectivity index (χ4n) is 0.845. The minimum absolute atomic E-state index is 0.119. The molecule has 1 aromatic heterocycles. The van der Waals surface area contributed by atoms with Crippen molar-refractivity contribution in [3.63, 3.8) is 0 Å². The lowest BCUT2D eigenvalue weighted by Gasteiger charge is -2.14. The molecular weight excluding hydrogens is 204 g/mol. The van der Waals surface area contributed by atoms with E-state index in [-0.39, 0.29) is 11.4 Å². The highest BCUT2D eigenvalue weighted by molar-refractivity contribution is 7.13. The molecule has 4 heteroatoms.